The first kappa shape index (κ1) is 31.5. The summed E-state index contributed by atoms with van der Waals surface area (Å²) in [6, 6.07) is 37.4. The highest BCUT2D eigenvalue weighted by atomic mass is 16.6. The van der Waals surface area contributed by atoms with E-state index in [1.54, 1.807) is 121 Å². The highest BCUT2D eigenvalue weighted by Crippen LogP contribution is 2.29. The van der Waals surface area contributed by atoms with Gasteiger partial charge in [-0.25, -0.2) is 4.79 Å². The summed E-state index contributed by atoms with van der Waals surface area (Å²) in [5.41, 5.74) is 1.33. The predicted octanol–water partition coefficient (Wildman–Crippen LogP) is 6.23. The maximum atomic E-state index is 13.4. The van der Waals surface area contributed by atoms with Crippen LogP contribution in [0.25, 0.3) is 0 Å². The van der Waals surface area contributed by atoms with E-state index in [4.69, 9.17) is 9.47 Å². The fourth-order valence-corrected chi connectivity index (χ4v) is 5.34. The number of carbonyl (C=O) groups excluding carboxylic acids is 6. The van der Waals surface area contributed by atoms with Crippen LogP contribution in [0.2, 0.25) is 0 Å². The van der Waals surface area contributed by atoms with Crippen molar-refractivity contribution in [3.05, 3.63) is 178 Å². The first-order chi connectivity index (χ1) is 23.3. The van der Waals surface area contributed by atoms with Crippen molar-refractivity contribution in [2.24, 2.45) is 0 Å². The number of benzene rings is 5. The van der Waals surface area contributed by atoms with Gasteiger partial charge in [0.1, 0.15) is 6.54 Å². The smallest absolute Gasteiger partial charge is 0.339 e. The third-order valence-corrected chi connectivity index (χ3v) is 7.77. The van der Waals surface area contributed by atoms with Gasteiger partial charge in [0.2, 0.25) is 11.6 Å². The van der Waals surface area contributed by atoms with Crippen LogP contribution in [0.15, 0.2) is 140 Å². The number of hydrogen-bond donors (Lipinski definition) is 0. The normalized spacial score (nSPS) is 13.3. The molecule has 5 aromatic rings. The number of hydrogen-bond acceptors (Lipinski definition) is 8. The highest BCUT2D eigenvalue weighted by molar-refractivity contribution is 6.23. The van der Waals surface area contributed by atoms with E-state index in [2.05, 4.69) is 0 Å². The van der Waals surface area contributed by atoms with Gasteiger partial charge < -0.3 is 9.47 Å². The number of amides is 2. The number of rotatable bonds is 11. The van der Waals surface area contributed by atoms with Crippen LogP contribution >= 0.6 is 0 Å². The molecule has 1 heterocycles. The molecule has 5 aromatic carbocycles. The molecule has 0 aliphatic carbocycles. The maximum Gasteiger partial charge on any atom is 0.339 e. The van der Waals surface area contributed by atoms with Crippen molar-refractivity contribution >= 4 is 35.3 Å². The van der Waals surface area contributed by atoms with E-state index in [9.17, 15) is 28.8 Å². The average molecular weight is 638 g/mol. The van der Waals surface area contributed by atoms with Crippen LogP contribution in [0, 0.1) is 0 Å². The summed E-state index contributed by atoms with van der Waals surface area (Å²) >= 11 is 0. The van der Waals surface area contributed by atoms with Crippen molar-refractivity contribution in [3.8, 4) is 0 Å². The van der Waals surface area contributed by atoms with Crippen LogP contribution in [0.4, 0.5) is 0 Å². The topological polar surface area (TPSA) is 124 Å². The molecular weight excluding hydrogens is 610 g/mol. The Morgan fingerprint density at radius 1 is 0.500 bits per heavy atom. The van der Waals surface area contributed by atoms with Crippen molar-refractivity contribution in [2.45, 2.75) is 12.2 Å². The lowest BCUT2D eigenvalue weighted by molar-refractivity contribution is -0.147. The molecule has 0 spiro atoms. The fourth-order valence-electron chi connectivity index (χ4n) is 5.34. The van der Waals surface area contributed by atoms with Crippen molar-refractivity contribution in [3.63, 3.8) is 0 Å². The second kappa shape index (κ2) is 13.9. The molecule has 48 heavy (non-hydrogen) atoms. The molecule has 0 N–H and O–H groups in total. The van der Waals surface area contributed by atoms with Gasteiger partial charge in [0, 0.05) is 22.3 Å². The summed E-state index contributed by atoms with van der Waals surface area (Å²) in [5.74, 6) is -4.37. The lowest BCUT2D eigenvalue weighted by Crippen LogP contribution is -2.36. The molecular formula is C39H27NO8. The van der Waals surface area contributed by atoms with Gasteiger partial charge in [0.15, 0.2) is 12.2 Å². The van der Waals surface area contributed by atoms with Gasteiger partial charge in [0.05, 0.1) is 16.7 Å². The predicted molar refractivity (Wildman–Crippen MR) is 173 cm³/mol. The molecule has 0 aromatic heterocycles. The zero-order chi connectivity index (χ0) is 33.6. The van der Waals surface area contributed by atoms with Crippen LogP contribution in [0.3, 0.4) is 0 Å². The lowest BCUT2D eigenvalue weighted by atomic mass is 9.99. The van der Waals surface area contributed by atoms with E-state index in [1.807, 2.05) is 0 Å². The van der Waals surface area contributed by atoms with E-state index >= 15 is 0 Å². The summed E-state index contributed by atoms with van der Waals surface area (Å²) < 4.78 is 11.3. The molecule has 0 fully saturated rings. The van der Waals surface area contributed by atoms with Crippen LogP contribution in [0.1, 0.15) is 75.1 Å². The fraction of sp³-hybridized carbons (Fsp3) is 0.0769. The van der Waals surface area contributed by atoms with E-state index in [0.29, 0.717) is 27.2 Å². The SMILES string of the molecule is O=C(CN1C(=O)c2ccc(C(=O)O[C@@H](C(=O)c3ccccc3)c3ccccc3)cc2C1=O)O[C@@H](C(=O)c1ccccc1)c1ccccc1. The highest BCUT2D eigenvalue weighted by Gasteiger charge is 2.39. The van der Waals surface area contributed by atoms with Crippen molar-refractivity contribution in [2.75, 3.05) is 6.54 Å². The molecule has 6 rings (SSSR count). The molecule has 236 valence electrons. The molecule has 0 saturated carbocycles. The number of nitrogens with zero attached hydrogens (tertiary/aromatic N) is 1. The zero-order valence-corrected chi connectivity index (χ0v) is 25.4. The van der Waals surface area contributed by atoms with Gasteiger partial charge in [-0.15, -0.1) is 0 Å². The van der Waals surface area contributed by atoms with Crippen molar-refractivity contribution in [1.29, 1.82) is 0 Å². The second-order valence-electron chi connectivity index (χ2n) is 10.9. The summed E-state index contributed by atoms with van der Waals surface area (Å²) in [7, 11) is 0. The van der Waals surface area contributed by atoms with Gasteiger partial charge in [-0.1, -0.05) is 121 Å². The third kappa shape index (κ3) is 6.56. The van der Waals surface area contributed by atoms with E-state index in [1.165, 1.54) is 18.2 Å². The van der Waals surface area contributed by atoms with Crippen LogP contribution in [0.5, 0.6) is 0 Å². The Kier molecular flexibility index (Phi) is 9.11. The Hall–Kier alpha value is -6.48. The summed E-state index contributed by atoms with van der Waals surface area (Å²) in [6.07, 6.45) is -2.58. The first-order valence-corrected chi connectivity index (χ1v) is 15.0. The molecule has 0 saturated heterocycles. The molecule has 1 aliphatic heterocycles. The number of carbonyl (C=O) groups is 6. The Balaban J connectivity index is 1.19. The number of ether oxygens (including phenoxy) is 2. The number of ketones is 2. The van der Waals surface area contributed by atoms with Crippen LogP contribution in [-0.2, 0) is 14.3 Å². The average Bonchev–Trinajstić information content (AvgIpc) is 3.37. The molecule has 0 bridgehead atoms. The minimum atomic E-state index is -1.31. The first-order valence-electron chi connectivity index (χ1n) is 15.0. The monoisotopic (exact) mass is 637 g/mol. The molecule has 9 nitrogen and oxygen atoms in total. The Morgan fingerprint density at radius 3 is 1.44 bits per heavy atom. The zero-order valence-electron chi connectivity index (χ0n) is 25.4. The Morgan fingerprint density at radius 2 is 0.938 bits per heavy atom. The Labute approximate surface area is 275 Å². The minimum Gasteiger partial charge on any atom is -0.448 e. The van der Waals surface area contributed by atoms with E-state index in [0.717, 1.165) is 0 Å². The summed E-state index contributed by atoms with van der Waals surface area (Å²) in [5, 5.41) is 0. The molecule has 2 amide bonds. The van der Waals surface area contributed by atoms with Gasteiger partial charge in [0.25, 0.3) is 11.8 Å². The molecule has 1 aliphatic rings. The molecule has 0 unspecified atom stereocenters. The molecule has 2 atom stereocenters. The minimum absolute atomic E-state index is 0.0238. The van der Waals surface area contributed by atoms with Crippen LogP contribution in [-0.4, -0.2) is 46.8 Å². The molecule has 9 heteroatoms. The lowest BCUT2D eigenvalue weighted by Gasteiger charge is -2.19. The number of fused-ring (bicyclic) bond motifs is 1. The molecule has 0 radical (unpaired) electrons. The van der Waals surface area contributed by atoms with Gasteiger partial charge in [-0.3, -0.25) is 28.9 Å². The van der Waals surface area contributed by atoms with E-state index < -0.39 is 54.1 Å². The largest absolute Gasteiger partial charge is 0.448 e. The third-order valence-electron chi connectivity index (χ3n) is 7.77. The Bertz CT molecular complexity index is 2010. The van der Waals surface area contributed by atoms with Gasteiger partial charge >= 0.3 is 11.9 Å². The van der Waals surface area contributed by atoms with E-state index in [-0.39, 0.29) is 16.7 Å². The quantitative estimate of drug-likeness (QED) is 0.0949. The maximum absolute atomic E-state index is 13.4. The van der Waals surface area contributed by atoms with Crippen molar-refractivity contribution in [1.82, 2.24) is 4.90 Å². The van der Waals surface area contributed by atoms with Crippen LogP contribution < -0.4 is 0 Å². The number of esters is 2. The van der Waals surface area contributed by atoms with Gasteiger partial charge in [-0.2, -0.15) is 0 Å². The standard InChI is InChI=1S/C39H27NO8/c41-32(47-35(27-17-9-3-10-18-27)33(42)25-13-5-1-6-14-25)24-40-37(44)30-22-21-29(23-31(30)38(40)45)39(46)48-36(28-19-11-4-12-20-28)34(43)26-15-7-2-8-16-26/h1-23,35-36H,24H2/t35-,36-/m1/s1. The van der Waals surface area contributed by atoms with Crippen molar-refractivity contribution < 1.29 is 38.2 Å². The summed E-state index contributed by atoms with van der Waals surface area (Å²) in [4.78, 5) is 80.5. The number of Topliss-reactive ketones (excluding diaryl/α,β-unsaturated/α-hetero) is 2. The van der Waals surface area contributed by atoms with Gasteiger partial charge in [-0.05, 0) is 18.2 Å². The number of imide groups is 1. The second-order valence-corrected chi connectivity index (χ2v) is 10.9. The summed E-state index contributed by atoms with van der Waals surface area (Å²) in [6.45, 7) is -0.765.